The van der Waals surface area contributed by atoms with Crippen molar-refractivity contribution in [2.45, 2.75) is 0 Å². The van der Waals surface area contributed by atoms with Gasteiger partial charge in [-0.05, 0) is 0 Å². The molecule has 110 valence electrons. The van der Waals surface area contributed by atoms with Crippen molar-refractivity contribution in [2.24, 2.45) is 7.05 Å². The summed E-state index contributed by atoms with van der Waals surface area (Å²) in [5, 5.41) is 18.2. The topological polar surface area (TPSA) is 96.5 Å². The lowest BCUT2D eigenvalue weighted by Gasteiger charge is -2.29. The molecule has 0 spiro atoms. The molecule has 9 nitrogen and oxygen atoms in total. The number of hydrogen-bond acceptors (Lipinski definition) is 6. The lowest BCUT2D eigenvalue weighted by Crippen LogP contribution is -2.49. The first kappa shape index (κ1) is 14.3. The molecule has 0 atom stereocenters. The number of carbonyl (C=O) groups is 1. The molecule has 0 aromatic carbocycles. The number of anilines is 1. The minimum absolute atomic E-state index is 0.0473. The first-order valence-electron chi connectivity index (χ1n) is 6.36. The van der Waals surface area contributed by atoms with Gasteiger partial charge in [-0.1, -0.05) is 0 Å². The number of nitrogens with zero attached hydrogens (tertiary/aromatic N) is 5. The Balaban J connectivity index is 2.05. The monoisotopic (exact) mass is 282 g/mol. The highest BCUT2D eigenvalue weighted by Crippen LogP contribution is 2.24. The second-order valence-corrected chi connectivity index (χ2v) is 4.76. The van der Waals surface area contributed by atoms with E-state index in [2.05, 4.69) is 10.4 Å². The van der Waals surface area contributed by atoms with Crippen LogP contribution in [-0.2, 0) is 11.8 Å². The number of aromatic nitrogens is 2. The van der Waals surface area contributed by atoms with E-state index < -0.39 is 4.92 Å². The van der Waals surface area contributed by atoms with Crippen LogP contribution in [0.1, 0.15) is 0 Å². The molecule has 0 aliphatic carbocycles. The van der Waals surface area contributed by atoms with Gasteiger partial charge in [0.05, 0.1) is 11.5 Å². The van der Waals surface area contributed by atoms with E-state index in [4.69, 9.17) is 0 Å². The van der Waals surface area contributed by atoms with E-state index in [0.29, 0.717) is 13.1 Å². The fraction of sp³-hybridized carbons (Fsp3) is 0.636. The zero-order valence-corrected chi connectivity index (χ0v) is 11.6. The standard InChI is InChI=1S/C11H18N6O3/c1-14(8-10(18)16-5-3-12-4-6-16)11-9(17(19)20)7-15(2)13-11/h7,12H,3-6,8H2,1-2H3. The second-order valence-electron chi connectivity index (χ2n) is 4.76. The van der Waals surface area contributed by atoms with Gasteiger partial charge < -0.3 is 15.1 Å². The van der Waals surface area contributed by atoms with Gasteiger partial charge in [0.15, 0.2) is 0 Å². The van der Waals surface area contributed by atoms with Crippen LogP contribution in [0, 0.1) is 10.1 Å². The van der Waals surface area contributed by atoms with E-state index in [9.17, 15) is 14.9 Å². The van der Waals surface area contributed by atoms with E-state index in [1.807, 2.05) is 0 Å². The average Bonchev–Trinajstić information content (AvgIpc) is 2.82. The van der Waals surface area contributed by atoms with Crippen molar-refractivity contribution >= 4 is 17.4 Å². The molecule has 1 N–H and O–H groups in total. The Morgan fingerprint density at radius 2 is 2.20 bits per heavy atom. The fourth-order valence-corrected chi connectivity index (χ4v) is 2.16. The van der Waals surface area contributed by atoms with Crippen LogP contribution in [0.3, 0.4) is 0 Å². The number of likely N-dealkylation sites (N-methyl/N-ethyl adjacent to an activating group) is 1. The smallest absolute Gasteiger partial charge is 0.330 e. The molecule has 1 aromatic heterocycles. The maximum atomic E-state index is 12.1. The van der Waals surface area contributed by atoms with Crippen molar-refractivity contribution < 1.29 is 9.72 Å². The van der Waals surface area contributed by atoms with Crippen molar-refractivity contribution in [1.82, 2.24) is 20.0 Å². The number of amides is 1. The van der Waals surface area contributed by atoms with E-state index in [0.717, 1.165) is 13.1 Å². The molecular weight excluding hydrogens is 264 g/mol. The number of carbonyl (C=O) groups excluding carboxylic acids is 1. The molecule has 1 amide bonds. The van der Waals surface area contributed by atoms with Gasteiger partial charge in [-0.3, -0.25) is 19.6 Å². The van der Waals surface area contributed by atoms with Gasteiger partial charge in [-0.25, -0.2) is 0 Å². The molecule has 1 saturated heterocycles. The zero-order chi connectivity index (χ0) is 14.7. The molecular formula is C11H18N6O3. The summed E-state index contributed by atoms with van der Waals surface area (Å²) in [5.74, 6) is 0.162. The predicted octanol–water partition coefficient (Wildman–Crippen LogP) is -0.804. The van der Waals surface area contributed by atoms with Crippen LogP contribution in [0.5, 0.6) is 0 Å². The molecule has 20 heavy (non-hydrogen) atoms. The summed E-state index contributed by atoms with van der Waals surface area (Å²) in [6.07, 6.45) is 1.33. The number of piperazine rings is 1. The SMILES string of the molecule is CN(CC(=O)N1CCNCC1)c1nn(C)cc1[N+](=O)[O-]. The Labute approximate surface area is 116 Å². The molecule has 1 aliphatic heterocycles. The fourth-order valence-electron chi connectivity index (χ4n) is 2.16. The molecule has 0 saturated carbocycles. The van der Waals surface area contributed by atoms with Crippen LogP contribution >= 0.6 is 0 Å². The Morgan fingerprint density at radius 3 is 2.80 bits per heavy atom. The van der Waals surface area contributed by atoms with Gasteiger partial charge in [0.1, 0.15) is 6.20 Å². The van der Waals surface area contributed by atoms with E-state index in [1.165, 1.54) is 15.8 Å². The zero-order valence-electron chi connectivity index (χ0n) is 11.6. The minimum Gasteiger partial charge on any atom is -0.343 e. The van der Waals surface area contributed by atoms with Crippen LogP contribution < -0.4 is 10.2 Å². The highest BCUT2D eigenvalue weighted by atomic mass is 16.6. The largest absolute Gasteiger partial charge is 0.343 e. The van der Waals surface area contributed by atoms with Gasteiger partial charge >= 0.3 is 5.69 Å². The number of aryl methyl sites for hydroxylation is 1. The summed E-state index contributed by atoms with van der Waals surface area (Å²) in [7, 11) is 3.25. The van der Waals surface area contributed by atoms with Gasteiger partial charge in [0.2, 0.25) is 11.7 Å². The van der Waals surface area contributed by atoms with Gasteiger partial charge in [0.25, 0.3) is 0 Å². The van der Waals surface area contributed by atoms with E-state index in [-0.39, 0.29) is 24.0 Å². The molecule has 0 radical (unpaired) electrons. The maximum Gasteiger partial charge on any atom is 0.330 e. The third kappa shape index (κ3) is 3.05. The Bertz CT molecular complexity index is 508. The Hall–Kier alpha value is -2.16. The van der Waals surface area contributed by atoms with Crippen LogP contribution in [0.15, 0.2) is 6.20 Å². The van der Waals surface area contributed by atoms with Gasteiger partial charge in [-0.2, -0.15) is 0 Å². The molecule has 0 unspecified atom stereocenters. The number of rotatable bonds is 4. The highest BCUT2D eigenvalue weighted by Gasteiger charge is 2.25. The molecule has 0 bridgehead atoms. The van der Waals surface area contributed by atoms with Gasteiger partial charge in [-0.15, -0.1) is 5.10 Å². The van der Waals surface area contributed by atoms with Crippen LogP contribution in [0.2, 0.25) is 0 Å². The summed E-state index contributed by atoms with van der Waals surface area (Å²) in [6, 6.07) is 0. The summed E-state index contributed by atoms with van der Waals surface area (Å²) in [4.78, 5) is 25.8. The summed E-state index contributed by atoms with van der Waals surface area (Å²) >= 11 is 0. The third-order valence-corrected chi connectivity index (χ3v) is 3.19. The van der Waals surface area contributed by atoms with Crippen molar-refractivity contribution in [3.05, 3.63) is 16.3 Å². The summed E-state index contributed by atoms with van der Waals surface area (Å²) in [5.41, 5.74) is -0.0943. The average molecular weight is 282 g/mol. The summed E-state index contributed by atoms with van der Waals surface area (Å²) < 4.78 is 1.37. The first-order valence-corrected chi connectivity index (χ1v) is 6.36. The van der Waals surface area contributed by atoms with Crippen LogP contribution in [0.25, 0.3) is 0 Å². The molecule has 1 aromatic rings. The number of nitro groups is 1. The Kier molecular flexibility index (Phi) is 4.18. The quantitative estimate of drug-likeness (QED) is 0.573. The molecule has 1 fully saturated rings. The highest BCUT2D eigenvalue weighted by molar-refractivity contribution is 5.82. The first-order chi connectivity index (χ1) is 9.49. The van der Waals surface area contributed by atoms with Crippen molar-refractivity contribution in [3.8, 4) is 0 Å². The van der Waals surface area contributed by atoms with E-state index in [1.54, 1.807) is 19.0 Å². The molecule has 2 rings (SSSR count). The van der Waals surface area contributed by atoms with Crippen LogP contribution in [-0.4, -0.2) is 65.3 Å². The van der Waals surface area contributed by atoms with E-state index >= 15 is 0 Å². The Morgan fingerprint density at radius 1 is 1.55 bits per heavy atom. The van der Waals surface area contributed by atoms with Gasteiger partial charge in [0, 0.05) is 40.3 Å². The lowest BCUT2D eigenvalue weighted by atomic mass is 10.3. The normalized spacial score (nSPS) is 15.2. The third-order valence-electron chi connectivity index (χ3n) is 3.19. The number of hydrogen-bond donors (Lipinski definition) is 1. The second kappa shape index (κ2) is 5.87. The van der Waals surface area contributed by atoms with Crippen LogP contribution in [0.4, 0.5) is 11.5 Å². The number of nitrogens with one attached hydrogen (secondary N) is 1. The summed E-state index contributed by atoms with van der Waals surface area (Å²) in [6.45, 7) is 2.96. The maximum absolute atomic E-state index is 12.1. The molecule has 9 heteroatoms. The van der Waals surface area contributed by atoms with Crippen molar-refractivity contribution in [2.75, 3.05) is 44.7 Å². The molecule has 1 aliphatic rings. The lowest BCUT2D eigenvalue weighted by molar-refractivity contribution is -0.384. The predicted molar refractivity (Wildman–Crippen MR) is 72.6 cm³/mol. The minimum atomic E-state index is -0.492. The van der Waals surface area contributed by atoms with Crippen molar-refractivity contribution in [1.29, 1.82) is 0 Å². The van der Waals surface area contributed by atoms with Crippen molar-refractivity contribution in [3.63, 3.8) is 0 Å². The molecule has 2 heterocycles.